The highest BCUT2D eigenvalue weighted by Crippen LogP contribution is 2.23. The largest absolute Gasteiger partial charge is 0.377 e. The number of carbonyl (C=O) groups excluding carboxylic acids is 1. The van der Waals surface area contributed by atoms with E-state index in [0.717, 1.165) is 23.3 Å². The van der Waals surface area contributed by atoms with E-state index < -0.39 is 0 Å². The maximum atomic E-state index is 12.1. The average molecular weight is 292 g/mol. The third-order valence-electron chi connectivity index (χ3n) is 3.37. The Balaban J connectivity index is 1.85. The molecule has 108 valence electrons. The predicted octanol–water partition coefficient (Wildman–Crippen LogP) is 1.49. The molecule has 20 heavy (non-hydrogen) atoms. The zero-order chi connectivity index (χ0) is 14.4. The maximum absolute atomic E-state index is 12.1. The summed E-state index contributed by atoms with van der Waals surface area (Å²) >= 11 is 1.60. The van der Waals surface area contributed by atoms with Crippen LogP contribution in [0, 0.1) is 17.8 Å². The van der Waals surface area contributed by atoms with Crippen LogP contribution in [0.2, 0.25) is 0 Å². The number of amides is 1. The molecule has 1 fully saturated rings. The molecule has 2 heterocycles. The Morgan fingerprint density at radius 1 is 1.65 bits per heavy atom. The molecular formula is C15H20N2O2S. The van der Waals surface area contributed by atoms with Crippen molar-refractivity contribution in [1.29, 1.82) is 0 Å². The van der Waals surface area contributed by atoms with Crippen LogP contribution >= 0.6 is 11.3 Å². The van der Waals surface area contributed by atoms with Crippen molar-refractivity contribution in [3.63, 3.8) is 0 Å². The molecule has 1 saturated heterocycles. The third kappa shape index (κ3) is 3.83. The van der Waals surface area contributed by atoms with Crippen molar-refractivity contribution in [1.82, 2.24) is 5.32 Å². The summed E-state index contributed by atoms with van der Waals surface area (Å²) in [5.41, 5.74) is 6.30. The van der Waals surface area contributed by atoms with Crippen molar-refractivity contribution in [2.75, 3.05) is 13.2 Å². The molecule has 0 spiro atoms. The van der Waals surface area contributed by atoms with Gasteiger partial charge in [-0.2, -0.15) is 0 Å². The smallest absolute Gasteiger partial charge is 0.226 e. The Labute approximate surface area is 123 Å². The van der Waals surface area contributed by atoms with Gasteiger partial charge in [-0.15, -0.1) is 11.3 Å². The van der Waals surface area contributed by atoms with E-state index in [1.807, 2.05) is 11.4 Å². The molecule has 0 aliphatic carbocycles. The van der Waals surface area contributed by atoms with Gasteiger partial charge in [0.25, 0.3) is 0 Å². The quantitative estimate of drug-likeness (QED) is 0.826. The highest BCUT2D eigenvalue weighted by atomic mass is 32.1. The van der Waals surface area contributed by atoms with Crippen molar-refractivity contribution in [2.45, 2.75) is 32.4 Å². The first kappa shape index (κ1) is 15.0. The lowest BCUT2D eigenvalue weighted by Crippen LogP contribution is -2.34. The van der Waals surface area contributed by atoms with E-state index in [-0.39, 0.29) is 17.9 Å². The monoisotopic (exact) mass is 292 g/mol. The summed E-state index contributed by atoms with van der Waals surface area (Å²) in [6.45, 7) is 3.66. The first-order chi connectivity index (χ1) is 9.74. The molecule has 2 rings (SSSR count). The molecule has 1 amide bonds. The van der Waals surface area contributed by atoms with E-state index in [1.165, 1.54) is 0 Å². The normalized spacial score (nSPS) is 21.3. The molecule has 0 saturated carbocycles. The average Bonchev–Trinajstić information content (AvgIpc) is 3.11. The molecule has 1 aromatic heterocycles. The summed E-state index contributed by atoms with van der Waals surface area (Å²) < 4.78 is 5.55. The van der Waals surface area contributed by atoms with E-state index in [1.54, 1.807) is 11.3 Å². The fourth-order valence-corrected chi connectivity index (χ4v) is 3.10. The number of thiophene rings is 1. The summed E-state index contributed by atoms with van der Waals surface area (Å²) in [6.07, 6.45) is 1.78. The second-order valence-electron chi connectivity index (χ2n) is 4.74. The van der Waals surface area contributed by atoms with Gasteiger partial charge in [0.15, 0.2) is 0 Å². The first-order valence-electron chi connectivity index (χ1n) is 6.90. The Morgan fingerprint density at radius 3 is 3.25 bits per heavy atom. The number of hydrogen-bond acceptors (Lipinski definition) is 4. The van der Waals surface area contributed by atoms with E-state index in [2.05, 4.69) is 24.1 Å². The number of ether oxygens (including phenoxy) is 1. The van der Waals surface area contributed by atoms with E-state index in [4.69, 9.17) is 10.5 Å². The fraction of sp³-hybridized carbons (Fsp3) is 0.533. The SMILES string of the molecule is CCC1OCCC1C(=O)NCc1cc(C#CCN)cs1. The van der Waals surface area contributed by atoms with E-state index >= 15 is 0 Å². The molecule has 1 aromatic rings. The number of hydrogen-bond donors (Lipinski definition) is 2. The van der Waals surface area contributed by atoms with Crippen LogP contribution in [0.1, 0.15) is 30.2 Å². The molecule has 0 radical (unpaired) electrons. The topological polar surface area (TPSA) is 64.3 Å². The van der Waals surface area contributed by atoms with E-state index in [0.29, 0.717) is 19.7 Å². The van der Waals surface area contributed by atoms with Gasteiger partial charge in [-0.3, -0.25) is 4.79 Å². The Morgan fingerprint density at radius 2 is 2.50 bits per heavy atom. The van der Waals surface area contributed by atoms with Gasteiger partial charge in [0.1, 0.15) is 0 Å². The summed E-state index contributed by atoms with van der Waals surface area (Å²) in [7, 11) is 0. The molecule has 4 nitrogen and oxygen atoms in total. The number of carbonyl (C=O) groups is 1. The molecule has 2 unspecified atom stereocenters. The second kappa shape index (κ2) is 7.44. The van der Waals surface area contributed by atoms with Gasteiger partial charge in [0.05, 0.1) is 25.1 Å². The highest BCUT2D eigenvalue weighted by molar-refractivity contribution is 7.10. The van der Waals surface area contributed by atoms with Crippen molar-refractivity contribution >= 4 is 17.2 Å². The lowest BCUT2D eigenvalue weighted by Gasteiger charge is -2.15. The van der Waals surface area contributed by atoms with Gasteiger partial charge in [-0.25, -0.2) is 0 Å². The lowest BCUT2D eigenvalue weighted by atomic mass is 9.99. The standard InChI is InChI=1S/C15H20N2O2S/c1-2-14-13(5-7-19-14)15(18)17-9-12-8-11(10-20-12)4-3-6-16/h8,10,13-14H,2,5-7,9,16H2,1H3,(H,17,18). The zero-order valence-corrected chi connectivity index (χ0v) is 12.5. The number of nitrogens with two attached hydrogens (primary N) is 1. The van der Waals surface area contributed by atoms with Crippen molar-refractivity contribution in [3.8, 4) is 11.8 Å². The van der Waals surface area contributed by atoms with Crippen molar-refractivity contribution in [3.05, 3.63) is 21.9 Å². The third-order valence-corrected chi connectivity index (χ3v) is 4.31. The highest BCUT2D eigenvalue weighted by Gasteiger charge is 2.32. The van der Waals surface area contributed by atoms with Crippen LogP contribution < -0.4 is 11.1 Å². The molecule has 2 atom stereocenters. The first-order valence-corrected chi connectivity index (χ1v) is 7.78. The van der Waals surface area contributed by atoms with Crippen molar-refractivity contribution in [2.24, 2.45) is 11.7 Å². The van der Waals surface area contributed by atoms with Gasteiger partial charge in [-0.1, -0.05) is 18.8 Å². The van der Waals surface area contributed by atoms with Crippen LogP contribution in [0.4, 0.5) is 0 Å². The summed E-state index contributed by atoms with van der Waals surface area (Å²) in [5.74, 6) is 5.90. The van der Waals surface area contributed by atoms with Crippen LogP contribution in [0.15, 0.2) is 11.4 Å². The van der Waals surface area contributed by atoms with Crippen LogP contribution in [0.25, 0.3) is 0 Å². The molecule has 0 bridgehead atoms. The fourth-order valence-electron chi connectivity index (χ4n) is 2.35. The van der Waals surface area contributed by atoms with Crippen LogP contribution in [0.3, 0.4) is 0 Å². The van der Waals surface area contributed by atoms with Gasteiger partial charge < -0.3 is 15.8 Å². The molecule has 5 heteroatoms. The van der Waals surface area contributed by atoms with Gasteiger partial charge >= 0.3 is 0 Å². The van der Waals surface area contributed by atoms with Crippen molar-refractivity contribution < 1.29 is 9.53 Å². The van der Waals surface area contributed by atoms with Gasteiger partial charge in [0.2, 0.25) is 5.91 Å². The summed E-state index contributed by atoms with van der Waals surface area (Å²) in [6, 6.07) is 2.00. The Bertz CT molecular complexity index is 515. The minimum absolute atomic E-state index is 0.00327. The summed E-state index contributed by atoms with van der Waals surface area (Å²) in [5, 5.41) is 4.98. The predicted molar refractivity (Wildman–Crippen MR) is 80.2 cm³/mol. The molecular weight excluding hydrogens is 272 g/mol. The van der Waals surface area contributed by atoms with E-state index in [9.17, 15) is 4.79 Å². The Hall–Kier alpha value is -1.35. The zero-order valence-electron chi connectivity index (χ0n) is 11.6. The van der Waals surface area contributed by atoms with Gasteiger partial charge in [-0.05, 0) is 18.9 Å². The maximum Gasteiger partial charge on any atom is 0.226 e. The minimum Gasteiger partial charge on any atom is -0.377 e. The van der Waals surface area contributed by atoms with Crippen LogP contribution in [-0.4, -0.2) is 25.2 Å². The van der Waals surface area contributed by atoms with Crippen LogP contribution in [-0.2, 0) is 16.1 Å². The lowest BCUT2D eigenvalue weighted by molar-refractivity contribution is -0.126. The molecule has 1 aliphatic heterocycles. The molecule has 3 N–H and O–H groups in total. The van der Waals surface area contributed by atoms with Crippen LogP contribution in [0.5, 0.6) is 0 Å². The Kier molecular flexibility index (Phi) is 5.60. The summed E-state index contributed by atoms with van der Waals surface area (Å²) in [4.78, 5) is 13.2. The van der Waals surface area contributed by atoms with Gasteiger partial charge in [0, 0.05) is 22.4 Å². The molecule has 1 aliphatic rings. The number of rotatable bonds is 4. The second-order valence-corrected chi connectivity index (χ2v) is 5.73. The molecule has 0 aromatic carbocycles. The number of nitrogens with one attached hydrogen (secondary N) is 1. The minimum atomic E-state index is -0.00327.